The number of hydrogen-bond donors (Lipinski definition) is 1. The quantitative estimate of drug-likeness (QED) is 0.879. The second-order valence-corrected chi connectivity index (χ2v) is 5.47. The summed E-state index contributed by atoms with van der Waals surface area (Å²) in [5.41, 5.74) is 2.07. The van der Waals surface area contributed by atoms with E-state index < -0.39 is 5.97 Å². The average Bonchev–Trinajstić information content (AvgIpc) is 3.18. The van der Waals surface area contributed by atoms with Gasteiger partial charge in [0, 0.05) is 17.5 Å². The maximum absolute atomic E-state index is 11.6. The van der Waals surface area contributed by atoms with Gasteiger partial charge in [-0.1, -0.05) is 0 Å². The van der Waals surface area contributed by atoms with E-state index in [9.17, 15) is 4.79 Å². The number of aromatic amines is 1. The summed E-state index contributed by atoms with van der Waals surface area (Å²) in [4.78, 5) is 17.3. The van der Waals surface area contributed by atoms with Gasteiger partial charge in [-0.25, -0.2) is 4.79 Å². The molecule has 5 heteroatoms. The number of nitrogens with one attached hydrogen (secondary N) is 1. The molecule has 1 fully saturated rings. The molecule has 1 aliphatic rings. The van der Waals surface area contributed by atoms with E-state index in [0.717, 1.165) is 24.3 Å². The van der Waals surface area contributed by atoms with E-state index in [0.29, 0.717) is 18.3 Å². The van der Waals surface area contributed by atoms with Crippen LogP contribution in [0.15, 0.2) is 28.8 Å². The number of ether oxygens (including phenoxy) is 1. The summed E-state index contributed by atoms with van der Waals surface area (Å²) in [6.07, 6.45) is 4.27. The number of H-pyrrole nitrogens is 1. The van der Waals surface area contributed by atoms with E-state index in [1.807, 2.05) is 25.3 Å². The molecule has 1 aliphatic heterocycles. The standard InChI is InChI=1S/C16H20N2O3/c1-11-9-12(21-15(11)16(19)20-2)10-18-8-4-6-14(18)13-5-3-7-17-13/h3,5,7,9,14,17H,4,6,8,10H2,1-2H3. The molecule has 0 bridgehead atoms. The molecule has 1 unspecified atom stereocenters. The molecule has 1 saturated heterocycles. The van der Waals surface area contributed by atoms with E-state index in [1.165, 1.54) is 19.2 Å². The van der Waals surface area contributed by atoms with Gasteiger partial charge in [-0.2, -0.15) is 0 Å². The predicted molar refractivity (Wildman–Crippen MR) is 78.0 cm³/mol. The highest BCUT2D eigenvalue weighted by Crippen LogP contribution is 2.32. The van der Waals surface area contributed by atoms with Gasteiger partial charge in [-0.3, -0.25) is 4.90 Å². The maximum atomic E-state index is 11.6. The summed E-state index contributed by atoms with van der Waals surface area (Å²) in [5.74, 6) is 0.704. The molecule has 112 valence electrons. The highest BCUT2D eigenvalue weighted by atomic mass is 16.5. The number of rotatable bonds is 4. The van der Waals surface area contributed by atoms with Crippen molar-refractivity contribution in [1.82, 2.24) is 9.88 Å². The van der Waals surface area contributed by atoms with Gasteiger partial charge in [0.2, 0.25) is 5.76 Å². The predicted octanol–water partition coefficient (Wildman–Crippen LogP) is 3.04. The Balaban J connectivity index is 1.75. The van der Waals surface area contributed by atoms with Crippen molar-refractivity contribution in [2.45, 2.75) is 32.4 Å². The number of hydrogen-bond acceptors (Lipinski definition) is 4. The molecule has 3 heterocycles. The number of furan rings is 1. The number of aromatic nitrogens is 1. The van der Waals surface area contributed by atoms with Crippen LogP contribution in [-0.4, -0.2) is 29.5 Å². The van der Waals surface area contributed by atoms with E-state index in [4.69, 9.17) is 9.15 Å². The number of aryl methyl sites for hydroxylation is 1. The van der Waals surface area contributed by atoms with Crippen molar-refractivity contribution >= 4 is 5.97 Å². The van der Waals surface area contributed by atoms with Crippen molar-refractivity contribution < 1.29 is 13.9 Å². The van der Waals surface area contributed by atoms with Crippen LogP contribution < -0.4 is 0 Å². The minimum absolute atomic E-state index is 0.308. The highest BCUT2D eigenvalue weighted by Gasteiger charge is 2.28. The van der Waals surface area contributed by atoms with E-state index >= 15 is 0 Å². The molecule has 0 saturated carbocycles. The molecule has 3 rings (SSSR count). The molecule has 5 nitrogen and oxygen atoms in total. The Morgan fingerprint density at radius 2 is 2.43 bits per heavy atom. The minimum Gasteiger partial charge on any atom is -0.463 e. The van der Waals surface area contributed by atoms with Gasteiger partial charge in [0.15, 0.2) is 0 Å². The smallest absolute Gasteiger partial charge is 0.374 e. The zero-order valence-corrected chi connectivity index (χ0v) is 12.4. The van der Waals surface area contributed by atoms with Crippen LogP contribution >= 0.6 is 0 Å². The van der Waals surface area contributed by atoms with Gasteiger partial charge in [0.1, 0.15) is 5.76 Å². The molecule has 21 heavy (non-hydrogen) atoms. The van der Waals surface area contributed by atoms with Gasteiger partial charge in [-0.05, 0) is 44.5 Å². The average molecular weight is 288 g/mol. The molecule has 0 aliphatic carbocycles. The molecule has 2 aromatic rings. The summed E-state index contributed by atoms with van der Waals surface area (Å²) < 4.78 is 10.4. The van der Waals surface area contributed by atoms with Crippen molar-refractivity contribution in [1.29, 1.82) is 0 Å². The monoisotopic (exact) mass is 288 g/mol. The lowest BCUT2D eigenvalue weighted by molar-refractivity contribution is 0.0559. The Morgan fingerprint density at radius 1 is 1.57 bits per heavy atom. The first-order chi connectivity index (χ1) is 10.2. The van der Waals surface area contributed by atoms with Crippen LogP contribution in [0.4, 0.5) is 0 Å². The lowest BCUT2D eigenvalue weighted by Gasteiger charge is -2.22. The van der Waals surface area contributed by atoms with Crippen molar-refractivity contribution in [2.75, 3.05) is 13.7 Å². The van der Waals surface area contributed by atoms with Crippen molar-refractivity contribution in [2.24, 2.45) is 0 Å². The van der Waals surface area contributed by atoms with Crippen LogP contribution in [-0.2, 0) is 11.3 Å². The second kappa shape index (κ2) is 5.77. The van der Waals surface area contributed by atoms with Crippen LogP contribution in [0.25, 0.3) is 0 Å². The zero-order chi connectivity index (χ0) is 14.8. The van der Waals surface area contributed by atoms with E-state index in [2.05, 4.69) is 16.0 Å². The molecule has 1 N–H and O–H groups in total. The fourth-order valence-corrected chi connectivity index (χ4v) is 3.04. The number of carbonyl (C=O) groups is 1. The molecule has 0 aromatic carbocycles. The summed E-state index contributed by atoms with van der Waals surface area (Å²) in [6, 6.07) is 6.47. The molecular formula is C16H20N2O3. The molecule has 0 radical (unpaired) electrons. The molecule has 1 atom stereocenters. The molecule has 0 amide bonds. The third-order valence-corrected chi connectivity index (χ3v) is 4.04. The van der Waals surface area contributed by atoms with Gasteiger partial charge in [-0.15, -0.1) is 0 Å². The lowest BCUT2D eigenvalue weighted by Crippen LogP contribution is -2.22. The zero-order valence-electron chi connectivity index (χ0n) is 12.4. The highest BCUT2D eigenvalue weighted by molar-refractivity contribution is 5.87. The Labute approximate surface area is 123 Å². The van der Waals surface area contributed by atoms with Crippen molar-refractivity contribution in [3.63, 3.8) is 0 Å². The normalized spacial score (nSPS) is 19.0. The van der Waals surface area contributed by atoms with Crippen LogP contribution in [0.3, 0.4) is 0 Å². The SMILES string of the molecule is COC(=O)c1oc(CN2CCCC2c2ccc[nH]2)cc1C. The van der Waals surface area contributed by atoms with Crippen molar-refractivity contribution in [3.05, 3.63) is 47.2 Å². The Kier molecular flexibility index (Phi) is 3.84. The summed E-state index contributed by atoms with van der Waals surface area (Å²) in [5, 5.41) is 0. The number of carbonyl (C=O) groups excluding carboxylic acids is 1. The fraction of sp³-hybridized carbons (Fsp3) is 0.438. The molecule has 2 aromatic heterocycles. The summed E-state index contributed by atoms with van der Waals surface area (Å²) in [6.45, 7) is 3.62. The van der Waals surface area contributed by atoms with Crippen molar-refractivity contribution in [3.8, 4) is 0 Å². The Morgan fingerprint density at radius 3 is 3.14 bits per heavy atom. The minimum atomic E-state index is -0.416. The fourth-order valence-electron chi connectivity index (χ4n) is 3.04. The third kappa shape index (κ3) is 2.74. The Hall–Kier alpha value is -2.01. The largest absolute Gasteiger partial charge is 0.463 e. The van der Waals surface area contributed by atoms with Gasteiger partial charge < -0.3 is 14.1 Å². The van der Waals surface area contributed by atoms with Gasteiger partial charge >= 0.3 is 5.97 Å². The lowest BCUT2D eigenvalue weighted by atomic mass is 10.1. The van der Waals surface area contributed by atoms with Gasteiger partial charge in [0.25, 0.3) is 0 Å². The summed E-state index contributed by atoms with van der Waals surface area (Å²) in [7, 11) is 1.37. The molecular weight excluding hydrogens is 268 g/mol. The topological polar surface area (TPSA) is 58.5 Å². The third-order valence-electron chi connectivity index (χ3n) is 4.04. The first-order valence-corrected chi connectivity index (χ1v) is 7.24. The number of nitrogens with zero attached hydrogens (tertiary/aromatic N) is 1. The van der Waals surface area contributed by atoms with Crippen LogP contribution in [0.2, 0.25) is 0 Å². The first kappa shape index (κ1) is 13.9. The number of likely N-dealkylation sites (tertiary alicyclic amines) is 1. The Bertz CT molecular complexity index is 616. The van der Waals surface area contributed by atoms with Crippen LogP contribution in [0, 0.1) is 6.92 Å². The van der Waals surface area contributed by atoms with Crippen LogP contribution in [0.5, 0.6) is 0 Å². The van der Waals surface area contributed by atoms with Crippen LogP contribution in [0.1, 0.15) is 46.5 Å². The number of methoxy groups -OCH3 is 1. The van der Waals surface area contributed by atoms with Gasteiger partial charge in [0.05, 0.1) is 19.7 Å². The van der Waals surface area contributed by atoms with E-state index in [1.54, 1.807) is 0 Å². The first-order valence-electron chi connectivity index (χ1n) is 7.24. The van der Waals surface area contributed by atoms with E-state index in [-0.39, 0.29) is 0 Å². The number of esters is 1. The maximum Gasteiger partial charge on any atom is 0.374 e. The second-order valence-electron chi connectivity index (χ2n) is 5.47. The molecule has 0 spiro atoms. The summed E-state index contributed by atoms with van der Waals surface area (Å²) >= 11 is 0.